The maximum atomic E-state index is 13.0. The van der Waals surface area contributed by atoms with Crippen LogP contribution in [-0.4, -0.2) is 41.8 Å². The number of rotatable bonds is 5. The van der Waals surface area contributed by atoms with Crippen LogP contribution in [0.15, 0.2) is 24.3 Å². The summed E-state index contributed by atoms with van der Waals surface area (Å²) in [6.45, 7) is 4.22. The molecular weight excluding hydrogens is 288 g/mol. The highest BCUT2D eigenvalue weighted by Gasteiger charge is 2.59. The second-order valence-corrected chi connectivity index (χ2v) is 6.91. The Hall–Kier alpha value is -1.84. The first-order valence-corrected chi connectivity index (χ1v) is 8.70. The van der Waals surface area contributed by atoms with Crippen LogP contribution in [0.5, 0.6) is 0 Å². The van der Waals surface area contributed by atoms with Crippen molar-refractivity contribution in [1.82, 2.24) is 9.80 Å². The van der Waals surface area contributed by atoms with Gasteiger partial charge in [-0.1, -0.05) is 37.6 Å². The van der Waals surface area contributed by atoms with Crippen LogP contribution in [0.25, 0.3) is 0 Å². The van der Waals surface area contributed by atoms with Crippen LogP contribution in [0.3, 0.4) is 0 Å². The number of benzene rings is 1. The molecule has 0 radical (unpaired) electrons. The highest BCUT2D eigenvalue weighted by atomic mass is 16.2. The summed E-state index contributed by atoms with van der Waals surface area (Å²) in [5, 5.41) is 0. The van der Waals surface area contributed by atoms with E-state index in [1.165, 1.54) is 11.1 Å². The SMILES string of the molecule is CCCCN(C)C(=O)C1(C(=O)N2CCc3ccccc3C2)CC1. The predicted molar refractivity (Wildman–Crippen MR) is 89.8 cm³/mol. The molecule has 1 aliphatic heterocycles. The van der Waals surface area contributed by atoms with Crippen LogP contribution in [-0.2, 0) is 22.6 Å². The molecule has 0 bridgehead atoms. The average molecular weight is 314 g/mol. The van der Waals surface area contributed by atoms with E-state index in [0.717, 1.165) is 32.4 Å². The van der Waals surface area contributed by atoms with E-state index < -0.39 is 5.41 Å². The first kappa shape index (κ1) is 16.0. The Morgan fingerprint density at radius 2 is 1.91 bits per heavy atom. The molecule has 1 aromatic rings. The summed E-state index contributed by atoms with van der Waals surface area (Å²) in [7, 11) is 1.83. The maximum Gasteiger partial charge on any atom is 0.238 e. The number of hydrogen-bond donors (Lipinski definition) is 0. The van der Waals surface area contributed by atoms with Gasteiger partial charge in [0.05, 0.1) is 0 Å². The Labute approximate surface area is 138 Å². The molecule has 1 heterocycles. The zero-order chi connectivity index (χ0) is 16.4. The summed E-state index contributed by atoms with van der Waals surface area (Å²) in [5.41, 5.74) is 1.79. The minimum atomic E-state index is -0.755. The molecule has 4 nitrogen and oxygen atoms in total. The maximum absolute atomic E-state index is 13.0. The molecule has 2 aliphatic rings. The molecule has 1 aliphatic carbocycles. The number of nitrogens with zero attached hydrogens (tertiary/aromatic N) is 2. The molecule has 1 saturated carbocycles. The second kappa shape index (κ2) is 6.34. The van der Waals surface area contributed by atoms with E-state index in [0.29, 0.717) is 19.4 Å². The lowest BCUT2D eigenvalue weighted by Crippen LogP contribution is -2.47. The fourth-order valence-corrected chi connectivity index (χ4v) is 3.48. The van der Waals surface area contributed by atoms with E-state index in [-0.39, 0.29) is 11.8 Å². The van der Waals surface area contributed by atoms with Gasteiger partial charge in [0, 0.05) is 26.7 Å². The molecule has 124 valence electrons. The van der Waals surface area contributed by atoms with E-state index >= 15 is 0 Å². The number of amides is 2. The number of fused-ring (bicyclic) bond motifs is 1. The molecule has 0 atom stereocenters. The summed E-state index contributed by atoms with van der Waals surface area (Å²) in [5.74, 6) is 0.0650. The Morgan fingerprint density at radius 1 is 1.22 bits per heavy atom. The van der Waals surface area contributed by atoms with Crippen LogP contribution >= 0.6 is 0 Å². The van der Waals surface area contributed by atoms with Crippen molar-refractivity contribution in [3.63, 3.8) is 0 Å². The van der Waals surface area contributed by atoms with E-state index in [1.54, 1.807) is 4.90 Å². The molecule has 1 fully saturated rings. The summed E-state index contributed by atoms with van der Waals surface area (Å²) < 4.78 is 0. The molecule has 3 rings (SSSR count). The number of hydrogen-bond acceptors (Lipinski definition) is 2. The topological polar surface area (TPSA) is 40.6 Å². The average Bonchev–Trinajstić information content (AvgIpc) is 3.39. The molecule has 0 aromatic heterocycles. The molecule has 0 spiro atoms. The molecule has 2 amide bonds. The van der Waals surface area contributed by atoms with E-state index in [4.69, 9.17) is 0 Å². The van der Waals surface area contributed by atoms with Crippen LogP contribution in [0.1, 0.15) is 43.7 Å². The van der Waals surface area contributed by atoms with Crippen molar-refractivity contribution < 1.29 is 9.59 Å². The Morgan fingerprint density at radius 3 is 2.57 bits per heavy atom. The van der Waals surface area contributed by atoms with Crippen LogP contribution < -0.4 is 0 Å². The van der Waals surface area contributed by atoms with E-state index in [2.05, 4.69) is 19.1 Å². The van der Waals surface area contributed by atoms with Gasteiger partial charge in [-0.3, -0.25) is 9.59 Å². The summed E-state index contributed by atoms with van der Waals surface area (Å²) in [6.07, 6.45) is 4.35. The summed E-state index contributed by atoms with van der Waals surface area (Å²) in [4.78, 5) is 29.4. The number of carbonyl (C=O) groups is 2. The first-order valence-electron chi connectivity index (χ1n) is 8.70. The van der Waals surface area contributed by atoms with Gasteiger partial charge in [-0.05, 0) is 36.8 Å². The van der Waals surface area contributed by atoms with Gasteiger partial charge in [0.2, 0.25) is 11.8 Å². The standard InChI is InChI=1S/C19H26N2O2/c1-3-4-12-20(2)17(22)19(10-11-19)18(23)21-13-9-15-7-5-6-8-16(15)14-21/h5-8H,3-4,9-14H2,1-2H3. The van der Waals surface area contributed by atoms with Gasteiger partial charge < -0.3 is 9.80 Å². The van der Waals surface area contributed by atoms with Gasteiger partial charge in [-0.15, -0.1) is 0 Å². The summed E-state index contributed by atoms with van der Waals surface area (Å²) in [6, 6.07) is 8.28. The second-order valence-electron chi connectivity index (χ2n) is 6.91. The molecule has 0 saturated heterocycles. The highest BCUT2D eigenvalue weighted by Crippen LogP contribution is 2.49. The monoisotopic (exact) mass is 314 g/mol. The highest BCUT2D eigenvalue weighted by molar-refractivity contribution is 6.07. The minimum Gasteiger partial charge on any atom is -0.345 e. The molecule has 1 aromatic carbocycles. The van der Waals surface area contributed by atoms with E-state index in [9.17, 15) is 9.59 Å². The van der Waals surface area contributed by atoms with Crippen molar-refractivity contribution in [3.05, 3.63) is 35.4 Å². The first-order chi connectivity index (χ1) is 11.1. The van der Waals surface area contributed by atoms with Crippen molar-refractivity contribution in [3.8, 4) is 0 Å². The minimum absolute atomic E-state index is 0.0230. The Balaban J connectivity index is 1.70. The number of unbranched alkanes of at least 4 members (excludes halogenated alkanes) is 1. The molecule has 0 unspecified atom stereocenters. The van der Waals surface area contributed by atoms with Crippen molar-refractivity contribution in [2.75, 3.05) is 20.1 Å². The third-order valence-corrected chi connectivity index (χ3v) is 5.18. The quantitative estimate of drug-likeness (QED) is 0.784. The van der Waals surface area contributed by atoms with Crippen molar-refractivity contribution >= 4 is 11.8 Å². The van der Waals surface area contributed by atoms with Crippen LogP contribution in [0.4, 0.5) is 0 Å². The molecular formula is C19H26N2O2. The Kier molecular flexibility index (Phi) is 4.42. The van der Waals surface area contributed by atoms with Crippen LogP contribution in [0, 0.1) is 5.41 Å². The smallest absolute Gasteiger partial charge is 0.238 e. The zero-order valence-corrected chi connectivity index (χ0v) is 14.2. The zero-order valence-electron chi connectivity index (χ0n) is 14.2. The van der Waals surface area contributed by atoms with Gasteiger partial charge in [0.25, 0.3) is 0 Å². The van der Waals surface area contributed by atoms with Crippen LogP contribution in [0.2, 0.25) is 0 Å². The van der Waals surface area contributed by atoms with Gasteiger partial charge in [-0.2, -0.15) is 0 Å². The van der Waals surface area contributed by atoms with Gasteiger partial charge in [0.1, 0.15) is 5.41 Å². The summed E-state index contributed by atoms with van der Waals surface area (Å²) >= 11 is 0. The largest absolute Gasteiger partial charge is 0.345 e. The van der Waals surface area contributed by atoms with Gasteiger partial charge in [0.15, 0.2) is 0 Å². The lowest BCUT2D eigenvalue weighted by atomic mass is 9.96. The lowest BCUT2D eigenvalue weighted by Gasteiger charge is -2.33. The third kappa shape index (κ3) is 2.99. The fourth-order valence-electron chi connectivity index (χ4n) is 3.48. The van der Waals surface area contributed by atoms with Gasteiger partial charge >= 0.3 is 0 Å². The van der Waals surface area contributed by atoms with Crippen molar-refractivity contribution in [1.29, 1.82) is 0 Å². The Bertz CT molecular complexity index is 607. The predicted octanol–water partition coefficient (Wildman–Crippen LogP) is 2.61. The lowest BCUT2D eigenvalue weighted by molar-refractivity contribution is -0.149. The molecule has 23 heavy (non-hydrogen) atoms. The van der Waals surface area contributed by atoms with Crippen molar-refractivity contribution in [2.45, 2.75) is 45.6 Å². The number of carbonyl (C=O) groups excluding carboxylic acids is 2. The van der Waals surface area contributed by atoms with E-state index in [1.807, 2.05) is 24.1 Å². The fraction of sp³-hybridized carbons (Fsp3) is 0.579. The molecule has 4 heteroatoms. The van der Waals surface area contributed by atoms with Crippen molar-refractivity contribution in [2.24, 2.45) is 5.41 Å². The van der Waals surface area contributed by atoms with Gasteiger partial charge in [-0.25, -0.2) is 0 Å². The molecule has 0 N–H and O–H groups in total. The third-order valence-electron chi connectivity index (χ3n) is 5.18. The normalized spacial score (nSPS) is 18.3.